The van der Waals surface area contributed by atoms with Crippen LogP contribution in [0, 0.1) is 0 Å². The van der Waals surface area contributed by atoms with Crippen molar-refractivity contribution in [1.82, 2.24) is 10.6 Å². The van der Waals surface area contributed by atoms with Gasteiger partial charge in [0.2, 0.25) is 0 Å². The highest BCUT2D eigenvalue weighted by atomic mass is 35.5. The Morgan fingerprint density at radius 2 is 1.03 bits per heavy atom. The van der Waals surface area contributed by atoms with Gasteiger partial charge in [-0.05, 0) is 121 Å². The molecule has 90 heavy (non-hydrogen) atoms. The van der Waals surface area contributed by atoms with E-state index in [1.807, 2.05) is 109 Å². The molecule has 2 aliphatic heterocycles. The summed E-state index contributed by atoms with van der Waals surface area (Å²) in [7, 11) is 0. The summed E-state index contributed by atoms with van der Waals surface area (Å²) in [5, 5.41) is 14.2. The highest BCUT2D eigenvalue weighted by molar-refractivity contribution is 5.98. The molecule has 0 aromatic heterocycles. The van der Waals surface area contributed by atoms with Gasteiger partial charge in [0.25, 0.3) is 5.91 Å². The number of nitrogens with one attached hydrogen (secondary N) is 2. The number of carbonyl (C=O) groups is 7. The number of alkyl carbamates (subject to hydrolysis) is 1. The number of fused-ring (bicyclic) bond motifs is 3. The highest BCUT2D eigenvalue weighted by Crippen LogP contribution is 2.44. The zero-order valence-electron chi connectivity index (χ0n) is 50.3. The quantitative estimate of drug-likeness (QED) is 0.0279. The average molecular weight is 1280 g/mol. The first-order valence-corrected chi connectivity index (χ1v) is 29.5. The minimum absolute atomic E-state index is 0. The number of carbonyl (C=O) groups excluding carboxylic acids is 6. The number of aromatic carboxylic acids is 1. The SMILES string of the molecule is C[C@@H](N)C(=O)CC[C@H](NC(=O)OCC1c2ccccc2-c2ccccc21)C(=O)OCc1ccccc1.C[C@@H](NC(=O)c1cccc(CC2=NCC(F)CC2)c1)C(=O)CC[C@H](N)C(=O)OCc1ccccc1.Cl.Cl.O=C(O)c1cccc(CC2=NCC(F)CC2)c1. The van der Waals surface area contributed by atoms with Crippen molar-refractivity contribution in [2.45, 2.75) is 134 Å². The van der Waals surface area contributed by atoms with Gasteiger partial charge >= 0.3 is 24.0 Å². The molecule has 0 radical (unpaired) electrons. The van der Waals surface area contributed by atoms with Crippen molar-refractivity contribution in [3.05, 3.63) is 202 Å². The second kappa shape index (κ2) is 36.9. The number of hydrogen-bond acceptors (Lipinski definition) is 14. The Bertz CT molecular complexity index is 3380. The van der Waals surface area contributed by atoms with Crippen LogP contribution in [0.2, 0.25) is 0 Å². The van der Waals surface area contributed by atoms with Crippen LogP contribution in [0.5, 0.6) is 0 Å². The molecule has 0 saturated carbocycles. The summed E-state index contributed by atoms with van der Waals surface area (Å²) in [6.45, 7) is 3.93. The van der Waals surface area contributed by atoms with Crippen molar-refractivity contribution in [1.29, 1.82) is 0 Å². The van der Waals surface area contributed by atoms with E-state index in [2.05, 4.69) is 32.8 Å². The van der Waals surface area contributed by atoms with Crippen LogP contribution >= 0.6 is 24.8 Å². The molecule has 3 aliphatic rings. The lowest BCUT2D eigenvalue weighted by molar-refractivity contribution is -0.148. The van der Waals surface area contributed by atoms with Crippen molar-refractivity contribution in [2.75, 3.05) is 19.7 Å². The molecule has 6 aromatic carbocycles. The van der Waals surface area contributed by atoms with E-state index in [-0.39, 0.29) is 112 Å². The third-order valence-corrected chi connectivity index (χ3v) is 15.1. The second-order valence-electron chi connectivity index (χ2n) is 22.0. The van der Waals surface area contributed by atoms with Gasteiger partial charge in [-0.1, -0.05) is 133 Å². The molecule has 6 aromatic rings. The van der Waals surface area contributed by atoms with E-state index in [0.29, 0.717) is 44.1 Å². The normalized spacial score (nSPS) is 15.9. The third kappa shape index (κ3) is 22.8. The van der Waals surface area contributed by atoms with E-state index in [1.165, 1.54) is 0 Å². The van der Waals surface area contributed by atoms with Gasteiger partial charge in [0.05, 0.1) is 30.7 Å². The summed E-state index contributed by atoms with van der Waals surface area (Å²) in [4.78, 5) is 94.1. The van der Waals surface area contributed by atoms with Crippen LogP contribution in [0.25, 0.3) is 11.1 Å². The molecule has 478 valence electrons. The fourth-order valence-electron chi connectivity index (χ4n) is 10.0. The van der Waals surface area contributed by atoms with Crippen LogP contribution in [0.3, 0.4) is 0 Å². The highest BCUT2D eigenvalue weighted by Gasteiger charge is 2.31. The molecule has 7 N–H and O–H groups in total. The lowest BCUT2D eigenvalue weighted by Gasteiger charge is -2.19. The molecule has 2 heterocycles. The molecule has 2 amide bonds. The molecule has 1 aliphatic carbocycles. The van der Waals surface area contributed by atoms with Gasteiger partial charge in [0.15, 0.2) is 5.78 Å². The number of aliphatic imine (C=N–C) groups is 2. The average Bonchev–Trinajstić information content (AvgIpc) is 1.79. The number of Topliss-reactive ketones (excluding diaryl/α,β-unsaturated/α-hetero) is 2. The summed E-state index contributed by atoms with van der Waals surface area (Å²) in [5.41, 5.74) is 22.1. The predicted molar refractivity (Wildman–Crippen MR) is 346 cm³/mol. The molecule has 0 spiro atoms. The molecule has 0 saturated heterocycles. The smallest absolute Gasteiger partial charge is 0.407 e. The number of nitrogens with two attached hydrogens (primary N) is 2. The van der Waals surface area contributed by atoms with E-state index >= 15 is 0 Å². The zero-order valence-corrected chi connectivity index (χ0v) is 51.9. The molecule has 0 bridgehead atoms. The van der Waals surface area contributed by atoms with Gasteiger partial charge in [0.1, 0.15) is 50.0 Å². The maximum absolute atomic E-state index is 13.3. The summed E-state index contributed by atoms with van der Waals surface area (Å²) in [6.07, 6.45) is 1.32. The second-order valence-corrected chi connectivity index (χ2v) is 22.0. The van der Waals surface area contributed by atoms with Crippen molar-refractivity contribution in [2.24, 2.45) is 21.5 Å². The van der Waals surface area contributed by atoms with Gasteiger partial charge < -0.3 is 41.4 Å². The largest absolute Gasteiger partial charge is 0.478 e. The molecule has 17 nitrogen and oxygen atoms in total. The molecule has 0 fully saturated rings. The number of rotatable bonds is 24. The fraction of sp³-hybridized carbons (Fsp3) is 0.348. The van der Waals surface area contributed by atoms with Crippen LogP contribution in [0.1, 0.15) is 125 Å². The van der Waals surface area contributed by atoms with Gasteiger partial charge in [-0.25, -0.2) is 23.2 Å². The standard InChI is InChI=1S/C29H30N2O5.C27H32FN3O4.C13H14FNO2.2ClH/c1-19(30)27(32)16-15-26(28(33)35-17-20-9-3-2-4-10-20)31-29(34)36-18-25-23-13-7-5-11-21(23)22-12-6-8-14-24(22)25;1-18(25(32)13-12-24(29)27(34)35-17-19-6-3-2-4-7-19)31-26(33)21-9-5-8-20(14-21)15-23-11-10-22(28)16-30-23;14-11-4-5-12(15-8-11)7-9-2-1-3-10(6-9)13(16)17;;/h2-14,19,25-26H,15-18,30H2,1H3,(H,31,34);2-9,14,18,22,24H,10-13,15-17,29H2,1H3,(H,31,33);1-3,6,11H,4-5,7-8H2,(H,16,17);2*1H/t19-,26+;18-,22?,24+;;;/m11.../s1. The third-order valence-electron chi connectivity index (χ3n) is 15.1. The Balaban J connectivity index is 0.000000257. The van der Waals surface area contributed by atoms with Crippen molar-refractivity contribution in [3.8, 4) is 11.1 Å². The summed E-state index contributed by atoms with van der Waals surface area (Å²) >= 11 is 0. The molecule has 9 rings (SSSR count). The number of ether oxygens (including phenoxy) is 3. The first kappa shape index (κ1) is 72.3. The van der Waals surface area contributed by atoms with Crippen molar-refractivity contribution < 1.29 is 61.7 Å². The number of alkyl halides is 2. The number of nitrogens with zero attached hydrogens (tertiary/aromatic N) is 2. The lowest BCUT2D eigenvalue weighted by atomic mass is 9.98. The van der Waals surface area contributed by atoms with Crippen LogP contribution in [-0.2, 0) is 59.4 Å². The molecular formula is C69H78Cl2F2N6O11. The maximum atomic E-state index is 13.3. The number of amides is 2. The summed E-state index contributed by atoms with van der Waals surface area (Å²) in [5.74, 6) is -3.03. The van der Waals surface area contributed by atoms with Crippen LogP contribution in [0.4, 0.5) is 13.6 Å². The number of ketones is 2. The predicted octanol–water partition coefficient (Wildman–Crippen LogP) is 11.0. The van der Waals surface area contributed by atoms with Crippen molar-refractivity contribution >= 4 is 77.7 Å². The van der Waals surface area contributed by atoms with E-state index in [4.69, 9.17) is 30.8 Å². The van der Waals surface area contributed by atoms with Gasteiger partial charge in [-0.15, -0.1) is 24.8 Å². The molecule has 21 heteroatoms. The maximum Gasteiger partial charge on any atom is 0.407 e. The van der Waals surface area contributed by atoms with Crippen LogP contribution in [-0.4, -0.2) is 114 Å². The Hall–Kier alpha value is -8.49. The number of benzene rings is 6. The first-order valence-electron chi connectivity index (χ1n) is 29.5. The topological polar surface area (TPSA) is 268 Å². The minimum Gasteiger partial charge on any atom is -0.478 e. The van der Waals surface area contributed by atoms with Gasteiger partial charge in [0, 0.05) is 48.6 Å². The molecule has 2 unspecified atom stereocenters. The Morgan fingerprint density at radius 1 is 0.567 bits per heavy atom. The van der Waals surface area contributed by atoms with Crippen LogP contribution < -0.4 is 22.1 Å². The molecular weight excluding hydrogens is 1200 g/mol. The van der Waals surface area contributed by atoms with E-state index in [9.17, 15) is 42.3 Å². The zero-order chi connectivity index (χ0) is 63.0. The Labute approximate surface area is 535 Å². The fourth-order valence-corrected chi connectivity index (χ4v) is 10.0. The van der Waals surface area contributed by atoms with Crippen LogP contribution in [0.15, 0.2) is 168 Å². The first-order chi connectivity index (χ1) is 42.4. The molecule has 6 atom stereocenters. The van der Waals surface area contributed by atoms with Crippen molar-refractivity contribution in [3.63, 3.8) is 0 Å². The Kier molecular flexibility index (Phi) is 29.6. The monoisotopic (exact) mass is 1270 g/mol. The summed E-state index contributed by atoms with van der Waals surface area (Å²) < 4.78 is 42.3. The number of carboxylic acid groups (broad SMARTS) is 1. The van der Waals surface area contributed by atoms with Gasteiger partial charge in [-0.2, -0.15) is 0 Å². The van der Waals surface area contributed by atoms with E-state index < -0.39 is 60.5 Å². The van der Waals surface area contributed by atoms with E-state index in [0.717, 1.165) is 55.9 Å². The van der Waals surface area contributed by atoms with Gasteiger partial charge in [-0.3, -0.25) is 29.2 Å². The number of hydrogen-bond donors (Lipinski definition) is 5. The van der Waals surface area contributed by atoms with E-state index in [1.54, 1.807) is 50.2 Å². The minimum atomic E-state index is -1.04. The Morgan fingerprint density at radius 3 is 1.53 bits per heavy atom. The number of esters is 2. The lowest BCUT2D eigenvalue weighted by Crippen LogP contribution is -2.43. The number of halogens is 4. The number of carboxylic acids is 1. The summed E-state index contributed by atoms with van der Waals surface area (Å²) in [6, 6.07) is 45.1.